The second-order valence-corrected chi connectivity index (χ2v) is 5.45. The normalized spacial score (nSPS) is 11.0. The van der Waals surface area contributed by atoms with E-state index in [1.807, 2.05) is 25.3 Å². The Morgan fingerprint density at radius 2 is 2.00 bits per heavy atom. The highest BCUT2D eigenvalue weighted by Crippen LogP contribution is 2.15. The molecule has 0 N–H and O–H groups in total. The molecule has 1 aromatic carbocycles. The highest BCUT2D eigenvalue weighted by molar-refractivity contribution is 6.00. The van der Waals surface area contributed by atoms with Gasteiger partial charge in [0.05, 0.1) is 0 Å². The molecule has 0 fully saturated rings. The number of ketones is 1. The minimum Gasteiger partial charge on any atom is -0.454 e. The van der Waals surface area contributed by atoms with Gasteiger partial charge in [-0.05, 0) is 50.6 Å². The molecule has 126 valence electrons. The molecule has 0 aliphatic carbocycles. The van der Waals surface area contributed by atoms with Gasteiger partial charge in [-0.25, -0.2) is 9.18 Å². The van der Waals surface area contributed by atoms with Crippen LogP contribution < -0.4 is 0 Å². The quantitative estimate of drug-likeness (QED) is 0.461. The lowest BCUT2D eigenvalue weighted by molar-refractivity contribution is -0.136. The van der Waals surface area contributed by atoms with Gasteiger partial charge in [0.15, 0.2) is 6.61 Å². The van der Waals surface area contributed by atoms with Crippen molar-refractivity contribution in [2.24, 2.45) is 0 Å². The maximum atomic E-state index is 13.0. The third kappa shape index (κ3) is 4.19. The predicted molar refractivity (Wildman–Crippen MR) is 90.3 cm³/mol. The van der Waals surface area contributed by atoms with E-state index in [4.69, 9.17) is 4.74 Å². The van der Waals surface area contributed by atoms with Crippen LogP contribution in [0.25, 0.3) is 6.08 Å². The first-order valence-corrected chi connectivity index (χ1v) is 7.72. The van der Waals surface area contributed by atoms with Crippen LogP contribution in [0.3, 0.4) is 0 Å². The number of hydrogen-bond donors (Lipinski definition) is 0. The fraction of sp³-hybridized carbons (Fsp3) is 0.263. The van der Waals surface area contributed by atoms with Crippen molar-refractivity contribution >= 4 is 17.8 Å². The smallest absolute Gasteiger partial charge is 0.331 e. The number of benzene rings is 1. The summed E-state index contributed by atoms with van der Waals surface area (Å²) in [5.41, 5.74) is 2.98. The molecule has 1 aromatic heterocycles. The van der Waals surface area contributed by atoms with Crippen molar-refractivity contribution in [1.82, 2.24) is 4.57 Å². The van der Waals surface area contributed by atoms with Crippen LogP contribution in [0.2, 0.25) is 0 Å². The number of aryl methyl sites for hydroxylation is 1. The van der Waals surface area contributed by atoms with Crippen molar-refractivity contribution in [3.63, 3.8) is 0 Å². The lowest BCUT2D eigenvalue weighted by Crippen LogP contribution is -2.13. The van der Waals surface area contributed by atoms with E-state index in [-0.39, 0.29) is 18.2 Å². The number of carbonyl (C=O) groups excluding carboxylic acids is 2. The summed E-state index contributed by atoms with van der Waals surface area (Å²) in [6.45, 7) is 6.27. The van der Waals surface area contributed by atoms with Crippen LogP contribution in [0.1, 0.15) is 34.2 Å². The Bertz CT molecular complexity index is 790. The van der Waals surface area contributed by atoms with Gasteiger partial charge in [-0.2, -0.15) is 0 Å². The van der Waals surface area contributed by atoms with Crippen molar-refractivity contribution in [3.05, 3.63) is 64.7 Å². The van der Waals surface area contributed by atoms with Crippen LogP contribution in [0.15, 0.2) is 36.4 Å². The molecule has 0 radical (unpaired) electrons. The summed E-state index contributed by atoms with van der Waals surface area (Å²) >= 11 is 0. The molecular formula is C19H20FNO3. The molecule has 0 aliphatic rings. The van der Waals surface area contributed by atoms with Gasteiger partial charge in [-0.3, -0.25) is 4.79 Å². The Morgan fingerprint density at radius 1 is 1.25 bits per heavy atom. The topological polar surface area (TPSA) is 48.3 Å². The first-order chi connectivity index (χ1) is 11.4. The number of aromatic nitrogens is 1. The maximum absolute atomic E-state index is 13.0. The second kappa shape index (κ2) is 7.73. The Kier molecular flexibility index (Phi) is 5.68. The molecule has 0 saturated carbocycles. The van der Waals surface area contributed by atoms with E-state index in [0.717, 1.165) is 17.9 Å². The zero-order chi connectivity index (χ0) is 17.7. The molecule has 0 aliphatic heterocycles. The zero-order valence-electron chi connectivity index (χ0n) is 14.0. The summed E-state index contributed by atoms with van der Waals surface area (Å²) in [4.78, 5) is 23.9. The lowest BCUT2D eigenvalue weighted by atomic mass is 10.1. The van der Waals surface area contributed by atoms with Crippen LogP contribution in [-0.4, -0.2) is 22.9 Å². The van der Waals surface area contributed by atoms with Crippen LogP contribution in [0.5, 0.6) is 0 Å². The molecule has 1 heterocycles. The van der Waals surface area contributed by atoms with Gasteiger partial charge in [-0.15, -0.1) is 0 Å². The SMILES string of the molecule is CCn1c(C)cc(C(=O)COC(=O)/C=C/c2cccc(F)c2)c1C. The Balaban J connectivity index is 1.95. The fourth-order valence-electron chi connectivity index (χ4n) is 2.61. The Hall–Kier alpha value is -2.69. The number of halogens is 1. The summed E-state index contributed by atoms with van der Waals surface area (Å²) < 4.78 is 20.0. The van der Waals surface area contributed by atoms with Crippen molar-refractivity contribution in [2.45, 2.75) is 27.3 Å². The Labute approximate surface area is 140 Å². The predicted octanol–water partition coefficient (Wildman–Crippen LogP) is 3.70. The summed E-state index contributed by atoms with van der Waals surface area (Å²) in [6.07, 6.45) is 2.62. The molecule has 24 heavy (non-hydrogen) atoms. The second-order valence-electron chi connectivity index (χ2n) is 5.45. The molecule has 5 heteroatoms. The molecule has 0 amide bonds. The van der Waals surface area contributed by atoms with Crippen LogP contribution in [0, 0.1) is 19.7 Å². The van der Waals surface area contributed by atoms with Crippen molar-refractivity contribution in [2.75, 3.05) is 6.61 Å². The zero-order valence-corrected chi connectivity index (χ0v) is 14.0. The van der Waals surface area contributed by atoms with Gasteiger partial charge in [0.1, 0.15) is 5.82 Å². The number of rotatable bonds is 6. The fourth-order valence-corrected chi connectivity index (χ4v) is 2.61. The molecule has 0 saturated heterocycles. The minimum atomic E-state index is -0.642. The van der Waals surface area contributed by atoms with Crippen LogP contribution >= 0.6 is 0 Å². The molecule has 0 spiro atoms. The summed E-state index contributed by atoms with van der Waals surface area (Å²) in [7, 11) is 0. The van der Waals surface area contributed by atoms with Gasteiger partial charge in [-0.1, -0.05) is 12.1 Å². The van der Waals surface area contributed by atoms with E-state index in [9.17, 15) is 14.0 Å². The van der Waals surface area contributed by atoms with E-state index in [1.165, 1.54) is 24.3 Å². The number of esters is 1. The maximum Gasteiger partial charge on any atom is 0.331 e. The molecular weight excluding hydrogens is 309 g/mol. The van der Waals surface area contributed by atoms with Crippen molar-refractivity contribution < 1.29 is 18.7 Å². The number of Topliss-reactive ketones (excluding diaryl/α,β-unsaturated/α-hetero) is 1. The first kappa shape index (κ1) is 17.7. The molecule has 2 aromatic rings. The number of hydrogen-bond acceptors (Lipinski definition) is 3. The highest BCUT2D eigenvalue weighted by Gasteiger charge is 2.16. The number of carbonyl (C=O) groups is 2. The molecule has 0 unspecified atom stereocenters. The van der Waals surface area contributed by atoms with Gasteiger partial charge in [0.25, 0.3) is 0 Å². The van der Waals surface area contributed by atoms with Crippen molar-refractivity contribution in [3.8, 4) is 0 Å². The average molecular weight is 329 g/mol. The van der Waals surface area contributed by atoms with Gasteiger partial charge >= 0.3 is 5.97 Å². The van der Waals surface area contributed by atoms with Gasteiger partial charge in [0, 0.05) is 29.6 Å². The van der Waals surface area contributed by atoms with Crippen molar-refractivity contribution in [1.29, 1.82) is 0 Å². The lowest BCUT2D eigenvalue weighted by Gasteiger charge is -2.05. The third-order valence-corrected chi connectivity index (χ3v) is 3.80. The van der Waals surface area contributed by atoms with Crippen LogP contribution in [-0.2, 0) is 16.1 Å². The standard InChI is InChI=1S/C19H20FNO3/c1-4-21-13(2)10-17(14(21)3)18(22)12-24-19(23)9-8-15-6-5-7-16(20)11-15/h5-11H,4,12H2,1-3H3/b9-8+. The van der Waals surface area contributed by atoms with Gasteiger partial charge in [0.2, 0.25) is 5.78 Å². The van der Waals surface area contributed by atoms with E-state index in [1.54, 1.807) is 18.2 Å². The van der Waals surface area contributed by atoms with E-state index >= 15 is 0 Å². The molecule has 0 atom stereocenters. The monoisotopic (exact) mass is 329 g/mol. The Morgan fingerprint density at radius 3 is 2.62 bits per heavy atom. The number of ether oxygens (including phenoxy) is 1. The highest BCUT2D eigenvalue weighted by atomic mass is 19.1. The molecule has 4 nitrogen and oxygen atoms in total. The summed E-state index contributed by atoms with van der Waals surface area (Å²) in [5, 5.41) is 0. The largest absolute Gasteiger partial charge is 0.454 e. The van der Waals surface area contributed by atoms with E-state index < -0.39 is 5.97 Å². The van der Waals surface area contributed by atoms with Crippen LogP contribution in [0.4, 0.5) is 4.39 Å². The van der Waals surface area contributed by atoms with E-state index in [2.05, 4.69) is 0 Å². The third-order valence-electron chi connectivity index (χ3n) is 3.80. The molecule has 2 rings (SSSR count). The number of nitrogens with zero attached hydrogens (tertiary/aromatic N) is 1. The summed E-state index contributed by atoms with van der Waals surface area (Å²) in [6, 6.07) is 7.64. The van der Waals surface area contributed by atoms with E-state index in [0.29, 0.717) is 11.1 Å². The average Bonchev–Trinajstić information content (AvgIpc) is 2.84. The minimum absolute atomic E-state index is 0.240. The molecule has 0 bridgehead atoms. The van der Waals surface area contributed by atoms with Gasteiger partial charge < -0.3 is 9.30 Å². The first-order valence-electron chi connectivity index (χ1n) is 7.72. The summed E-state index contributed by atoms with van der Waals surface area (Å²) in [5.74, 6) is -1.26.